The van der Waals surface area contributed by atoms with Crippen LogP contribution in [0.1, 0.15) is 19.8 Å². The van der Waals surface area contributed by atoms with Crippen LogP contribution in [-0.2, 0) is 0 Å². The van der Waals surface area contributed by atoms with Crippen molar-refractivity contribution in [1.29, 1.82) is 0 Å². The summed E-state index contributed by atoms with van der Waals surface area (Å²) in [4.78, 5) is 0. The predicted molar refractivity (Wildman–Crippen MR) is 29.8 cm³/mol. The second-order valence-corrected chi connectivity index (χ2v) is 1.18. The summed E-state index contributed by atoms with van der Waals surface area (Å²) >= 11 is 0. The van der Waals surface area contributed by atoms with Gasteiger partial charge in [0.15, 0.2) is 0 Å². The number of unbranched alkanes of at least 4 members (excludes halogenated alkanes) is 1. The Hall–Kier alpha value is -0.880. The maximum absolute atomic E-state index is 6.36. The molecule has 0 N–H and O–H groups in total. The normalized spacial score (nSPS) is 5.71. The Morgan fingerprint density at radius 1 is 1.57 bits per heavy atom. The Morgan fingerprint density at radius 2 is 2.29 bits per heavy atom. The Kier molecular flexibility index (Phi) is 4.48. The van der Waals surface area contributed by atoms with E-state index in [1.165, 1.54) is 0 Å². The molecule has 0 nitrogen and oxygen atoms in total. The van der Waals surface area contributed by atoms with Gasteiger partial charge in [-0.3, -0.25) is 0 Å². The summed E-state index contributed by atoms with van der Waals surface area (Å²) in [6.45, 7) is 2.05. The molecule has 0 aliphatic rings. The van der Waals surface area contributed by atoms with E-state index in [2.05, 4.69) is 18.8 Å². The van der Waals surface area contributed by atoms with Crippen LogP contribution >= 0.6 is 0 Å². The van der Waals surface area contributed by atoms with Crippen molar-refractivity contribution in [3.63, 3.8) is 0 Å². The average molecular weight is 91.1 g/mol. The van der Waals surface area contributed by atoms with Crippen molar-refractivity contribution in [1.82, 2.24) is 0 Å². The van der Waals surface area contributed by atoms with Crippen molar-refractivity contribution in [3.8, 4) is 17.8 Å². The molecule has 0 rings (SSSR count). The zero-order chi connectivity index (χ0) is 5.54. The fraction of sp³-hybridized carbons (Fsp3) is 0.429. The van der Waals surface area contributed by atoms with Gasteiger partial charge in [-0.15, -0.1) is 0 Å². The van der Waals surface area contributed by atoms with Gasteiger partial charge in [0.2, 0.25) is 0 Å². The summed E-state index contributed by atoms with van der Waals surface area (Å²) in [5.74, 6) is 7.14. The van der Waals surface area contributed by atoms with Gasteiger partial charge in [-0.2, -0.15) is 0 Å². The number of hydrogen-bond donors (Lipinski definition) is 0. The largest absolute Gasteiger partial charge is 0.0891 e. The molecule has 0 saturated carbocycles. The molecule has 0 spiro atoms. The van der Waals surface area contributed by atoms with Crippen LogP contribution in [0.5, 0.6) is 0 Å². The lowest BCUT2D eigenvalue weighted by Gasteiger charge is -1.71. The van der Waals surface area contributed by atoms with Gasteiger partial charge in [-0.25, -0.2) is 0 Å². The first-order valence-electron chi connectivity index (χ1n) is 2.31. The van der Waals surface area contributed by atoms with Gasteiger partial charge in [0, 0.05) is 6.42 Å². The van der Waals surface area contributed by atoms with E-state index < -0.39 is 0 Å². The van der Waals surface area contributed by atoms with Gasteiger partial charge in [0.1, 0.15) is 0 Å². The first-order chi connectivity index (χ1) is 3.41. The minimum absolute atomic E-state index is 0.881. The molecule has 0 amide bonds. The molecule has 0 heterocycles. The highest BCUT2D eigenvalue weighted by Crippen LogP contribution is 1.79. The van der Waals surface area contributed by atoms with Crippen molar-refractivity contribution in [2.75, 3.05) is 0 Å². The molecular formula is C7H7. The monoisotopic (exact) mass is 91.1 g/mol. The van der Waals surface area contributed by atoms with E-state index in [0.29, 0.717) is 0 Å². The second kappa shape index (κ2) is 5.12. The standard InChI is InChI=1S/C7H7/c1-3-5-7-6-4-2/h3,5H2,1H3. The molecule has 1 radical (unpaired) electrons. The van der Waals surface area contributed by atoms with Gasteiger partial charge in [0.05, 0.1) is 0 Å². The van der Waals surface area contributed by atoms with Crippen molar-refractivity contribution in [3.05, 3.63) is 6.42 Å². The smallest absolute Gasteiger partial charge is 0.00963 e. The third kappa shape index (κ3) is 5.12. The maximum atomic E-state index is 6.36. The molecule has 0 aromatic rings. The quantitative estimate of drug-likeness (QED) is 0.428. The van der Waals surface area contributed by atoms with Gasteiger partial charge in [-0.05, 0) is 24.7 Å². The molecule has 0 unspecified atom stereocenters. The van der Waals surface area contributed by atoms with Crippen molar-refractivity contribution in [2.45, 2.75) is 19.8 Å². The van der Waals surface area contributed by atoms with Gasteiger partial charge >= 0.3 is 0 Å². The zero-order valence-corrected chi connectivity index (χ0v) is 4.41. The Balaban J connectivity index is 3.13. The molecule has 0 aromatic carbocycles. The maximum Gasteiger partial charge on any atom is 0.00963 e. The first kappa shape index (κ1) is 6.12. The number of rotatable bonds is 1. The summed E-state index contributed by atoms with van der Waals surface area (Å²) in [5.41, 5.74) is 0. The van der Waals surface area contributed by atoms with Gasteiger partial charge in [-0.1, -0.05) is 12.8 Å². The Morgan fingerprint density at radius 3 is 2.71 bits per heavy atom. The van der Waals surface area contributed by atoms with E-state index in [0.717, 1.165) is 12.8 Å². The lowest BCUT2D eigenvalue weighted by Crippen LogP contribution is -1.58. The van der Waals surface area contributed by atoms with Crippen molar-refractivity contribution >= 4 is 0 Å². The predicted octanol–water partition coefficient (Wildman–Crippen LogP) is 1.38. The summed E-state index contributed by atoms with van der Waals surface area (Å²) in [6, 6.07) is 0. The third-order valence-corrected chi connectivity index (χ3v) is 0.526. The minimum atomic E-state index is 0.881. The number of hydrogen-bond acceptors (Lipinski definition) is 0. The molecule has 0 bridgehead atoms. The molecule has 0 aliphatic heterocycles. The molecule has 0 heteroatoms. The molecule has 7 heavy (non-hydrogen) atoms. The summed E-state index contributed by atoms with van der Waals surface area (Å²) < 4.78 is 0. The highest BCUT2D eigenvalue weighted by Gasteiger charge is 1.64. The molecule has 0 fully saturated rings. The summed E-state index contributed by atoms with van der Waals surface area (Å²) in [5, 5.41) is 0. The molecule has 35 valence electrons. The van der Waals surface area contributed by atoms with Crippen LogP contribution in [0.15, 0.2) is 0 Å². The molecule has 0 saturated heterocycles. The summed E-state index contributed by atoms with van der Waals surface area (Å²) in [7, 11) is 0. The topological polar surface area (TPSA) is 0 Å². The van der Waals surface area contributed by atoms with E-state index in [4.69, 9.17) is 6.42 Å². The molecule has 0 atom stereocenters. The third-order valence-electron chi connectivity index (χ3n) is 0.526. The second-order valence-electron chi connectivity index (χ2n) is 1.18. The van der Waals surface area contributed by atoms with Gasteiger partial charge < -0.3 is 0 Å². The van der Waals surface area contributed by atoms with E-state index in [1.807, 2.05) is 5.92 Å². The van der Waals surface area contributed by atoms with Crippen LogP contribution < -0.4 is 0 Å². The fourth-order valence-corrected chi connectivity index (χ4v) is 0.232. The van der Waals surface area contributed by atoms with E-state index in [1.54, 1.807) is 0 Å². The van der Waals surface area contributed by atoms with E-state index >= 15 is 0 Å². The molecular weight excluding hydrogens is 84.1 g/mol. The van der Waals surface area contributed by atoms with E-state index in [9.17, 15) is 0 Å². The van der Waals surface area contributed by atoms with Crippen LogP contribution in [0, 0.1) is 24.2 Å². The minimum Gasteiger partial charge on any atom is -0.0891 e. The van der Waals surface area contributed by atoms with Crippen LogP contribution in [0.4, 0.5) is 0 Å². The highest BCUT2D eigenvalue weighted by molar-refractivity contribution is 5.18. The van der Waals surface area contributed by atoms with Crippen LogP contribution in [-0.4, -0.2) is 0 Å². The molecule has 0 aliphatic carbocycles. The van der Waals surface area contributed by atoms with Crippen LogP contribution in [0.3, 0.4) is 0 Å². The summed E-state index contributed by atoms with van der Waals surface area (Å²) in [6.07, 6.45) is 8.30. The lowest BCUT2D eigenvalue weighted by atomic mass is 10.3. The lowest BCUT2D eigenvalue weighted by molar-refractivity contribution is 0.983. The van der Waals surface area contributed by atoms with Crippen LogP contribution in [0.2, 0.25) is 0 Å². The van der Waals surface area contributed by atoms with Crippen LogP contribution in [0.25, 0.3) is 0 Å². The molecule has 0 aromatic heterocycles. The average Bonchev–Trinajstić information content (AvgIpc) is 1.69. The van der Waals surface area contributed by atoms with Crippen molar-refractivity contribution in [2.24, 2.45) is 0 Å². The first-order valence-corrected chi connectivity index (χ1v) is 2.31. The highest BCUT2D eigenvalue weighted by atomic mass is 13.7. The van der Waals surface area contributed by atoms with E-state index in [-0.39, 0.29) is 0 Å². The Bertz CT molecular complexity index is 115. The van der Waals surface area contributed by atoms with Crippen molar-refractivity contribution < 1.29 is 0 Å². The zero-order valence-electron chi connectivity index (χ0n) is 4.41. The van der Waals surface area contributed by atoms with Gasteiger partial charge in [0.25, 0.3) is 0 Å². The fourth-order valence-electron chi connectivity index (χ4n) is 0.232. The SMILES string of the molecule is [C]#CC#CCCC. The Labute approximate surface area is 44.9 Å².